The largest absolute Gasteiger partial charge is 0.368 e. The summed E-state index contributed by atoms with van der Waals surface area (Å²) in [4.78, 5) is 29.3. The SMILES string of the molecule is N#Cc1ccc(N2CCN(C(=O)c3cc4cnc(-c5ccccc5)nc4[nH]3)CC2)cc1. The Labute approximate surface area is 179 Å². The average Bonchev–Trinajstić information content (AvgIpc) is 3.28. The van der Waals surface area contributed by atoms with Gasteiger partial charge in [0.1, 0.15) is 11.3 Å². The lowest BCUT2D eigenvalue weighted by atomic mass is 10.2. The summed E-state index contributed by atoms with van der Waals surface area (Å²) < 4.78 is 0. The molecule has 3 heterocycles. The number of hydrogen-bond acceptors (Lipinski definition) is 5. The molecule has 31 heavy (non-hydrogen) atoms. The van der Waals surface area contributed by atoms with E-state index in [1.54, 1.807) is 6.20 Å². The third-order valence-electron chi connectivity index (χ3n) is 5.56. The smallest absolute Gasteiger partial charge is 0.270 e. The fraction of sp³-hybridized carbons (Fsp3) is 0.167. The maximum absolute atomic E-state index is 13.0. The fourth-order valence-electron chi connectivity index (χ4n) is 3.84. The number of benzene rings is 2. The minimum atomic E-state index is -0.0289. The van der Waals surface area contributed by atoms with Crippen LogP contribution in [0.2, 0.25) is 0 Å². The number of nitrogens with one attached hydrogen (secondary N) is 1. The van der Waals surface area contributed by atoms with Crippen molar-refractivity contribution >= 4 is 22.6 Å². The van der Waals surface area contributed by atoms with Gasteiger partial charge < -0.3 is 14.8 Å². The molecule has 4 aromatic rings. The topological polar surface area (TPSA) is 88.9 Å². The van der Waals surface area contributed by atoms with Crippen LogP contribution >= 0.6 is 0 Å². The van der Waals surface area contributed by atoms with E-state index in [0.717, 1.165) is 29.7 Å². The zero-order valence-corrected chi connectivity index (χ0v) is 16.8. The molecule has 1 amide bonds. The predicted octanol–water partition coefficient (Wildman–Crippen LogP) is 3.46. The Kier molecular flexibility index (Phi) is 4.81. The fourth-order valence-corrected chi connectivity index (χ4v) is 3.84. The van der Waals surface area contributed by atoms with Gasteiger partial charge in [0.05, 0.1) is 11.6 Å². The van der Waals surface area contributed by atoms with Crippen LogP contribution in [0.1, 0.15) is 16.1 Å². The molecule has 1 N–H and O–H groups in total. The first-order chi connectivity index (χ1) is 15.2. The molecule has 0 bridgehead atoms. The Morgan fingerprint density at radius 1 is 1.00 bits per heavy atom. The Bertz CT molecular complexity index is 1270. The van der Waals surface area contributed by atoms with Crippen molar-refractivity contribution in [2.45, 2.75) is 0 Å². The summed E-state index contributed by atoms with van der Waals surface area (Å²) in [5.74, 6) is 0.601. The van der Waals surface area contributed by atoms with E-state index in [4.69, 9.17) is 5.26 Å². The van der Waals surface area contributed by atoms with Crippen molar-refractivity contribution in [1.29, 1.82) is 5.26 Å². The van der Waals surface area contributed by atoms with Crippen LogP contribution in [0.25, 0.3) is 22.4 Å². The summed E-state index contributed by atoms with van der Waals surface area (Å²) in [5, 5.41) is 9.77. The molecule has 2 aromatic carbocycles. The number of carbonyl (C=O) groups is 1. The van der Waals surface area contributed by atoms with E-state index >= 15 is 0 Å². The first-order valence-corrected chi connectivity index (χ1v) is 10.2. The van der Waals surface area contributed by atoms with E-state index in [9.17, 15) is 4.79 Å². The molecule has 0 unspecified atom stereocenters. The van der Waals surface area contributed by atoms with E-state index in [0.29, 0.717) is 35.8 Å². The van der Waals surface area contributed by atoms with Crippen LogP contribution in [-0.2, 0) is 0 Å². The summed E-state index contributed by atoms with van der Waals surface area (Å²) in [7, 11) is 0. The number of piperazine rings is 1. The second kappa shape index (κ2) is 7.92. The van der Waals surface area contributed by atoms with Crippen molar-refractivity contribution < 1.29 is 4.79 Å². The van der Waals surface area contributed by atoms with Crippen molar-refractivity contribution in [1.82, 2.24) is 19.9 Å². The van der Waals surface area contributed by atoms with Crippen LogP contribution in [0.5, 0.6) is 0 Å². The van der Waals surface area contributed by atoms with Crippen LogP contribution in [-0.4, -0.2) is 51.9 Å². The Hall–Kier alpha value is -4.18. The minimum absolute atomic E-state index is 0.0289. The standard InChI is InChI=1S/C24H20N6O/c25-15-17-6-8-20(9-7-17)29-10-12-30(13-11-29)24(31)21-14-19-16-26-22(28-23(19)27-21)18-4-2-1-3-5-18/h1-9,14,16H,10-13H2,(H,26,27,28). The Morgan fingerprint density at radius 2 is 1.74 bits per heavy atom. The monoisotopic (exact) mass is 408 g/mol. The maximum Gasteiger partial charge on any atom is 0.270 e. The molecule has 7 heteroatoms. The molecule has 1 aliphatic heterocycles. The summed E-state index contributed by atoms with van der Waals surface area (Å²) >= 11 is 0. The highest BCUT2D eigenvalue weighted by Gasteiger charge is 2.24. The van der Waals surface area contributed by atoms with Gasteiger partial charge in [-0.25, -0.2) is 9.97 Å². The number of H-pyrrole nitrogens is 1. The van der Waals surface area contributed by atoms with Crippen molar-refractivity contribution in [3.05, 3.63) is 78.1 Å². The lowest BCUT2D eigenvalue weighted by Crippen LogP contribution is -2.48. The molecule has 0 atom stereocenters. The number of amides is 1. The second-order valence-electron chi connectivity index (χ2n) is 7.48. The average molecular weight is 408 g/mol. The first kappa shape index (κ1) is 18.8. The van der Waals surface area contributed by atoms with Gasteiger partial charge in [-0.05, 0) is 30.3 Å². The lowest BCUT2D eigenvalue weighted by Gasteiger charge is -2.36. The summed E-state index contributed by atoms with van der Waals surface area (Å²) in [6.45, 7) is 2.76. The molecule has 5 rings (SSSR count). The Balaban J connectivity index is 1.29. The van der Waals surface area contributed by atoms with Gasteiger partial charge in [-0.15, -0.1) is 0 Å². The minimum Gasteiger partial charge on any atom is -0.368 e. The molecule has 0 aliphatic carbocycles. The second-order valence-corrected chi connectivity index (χ2v) is 7.48. The van der Waals surface area contributed by atoms with Gasteiger partial charge in [0.2, 0.25) is 0 Å². The molecular weight excluding hydrogens is 388 g/mol. The molecule has 1 saturated heterocycles. The predicted molar refractivity (Wildman–Crippen MR) is 119 cm³/mol. The molecule has 1 aliphatic rings. The highest BCUT2D eigenvalue weighted by molar-refractivity contribution is 5.97. The summed E-state index contributed by atoms with van der Waals surface area (Å²) in [6.07, 6.45) is 1.75. The number of carbonyl (C=O) groups excluding carboxylic acids is 1. The molecule has 152 valence electrons. The van der Waals surface area contributed by atoms with Gasteiger partial charge >= 0.3 is 0 Å². The third-order valence-corrected chi connectivity index (χ3v) is 5.56. The van der Waals surface area contributed by atoms with Gasteiger partial charge in [-0.2, -0.15) is 5.26 Å². The number of hydrogen-bond donors (Lipinski definition) is 1. The van der Waals surface area contributed by atoms with Crippen molar-refractivity contribution in [2.24, 2.45) is 0 Å². The number of aromatic amines is 1. The summed E-state index contributed by atoms with van der Waals surface area (Å²) in [6, 6.07) is 21.3. The molecule has 7 nitrogen and oxygen atoms in total. The first-order valence-electron chi connectivity index (χ1n) is 10.2. The quantitative estimate of drug-likeness (QED) is 0.561. The number of rotatable bonds is 3. The maximum atomic E-state index is 13.0. The van der Waals surface area contributed by atoms with Crippen LogP contribution in [0.3, 0.4) is 0 Å². The highest BCUT2D eigenvalue weighted by atomic mass is 16.2. The van der Waals surface area contributed by atoms with Crippen LogP contribution in [0, 0.1) is 11.3 Å². The molecule has 0 spiro atoms. The van der Waals surface area contributed by atoms with Gasteiger partial charge in [0, 0.05) is 49.0 Å². The molecule has 2 aromatic heterocycles. The van der Waals surface area contributed by atoms with Crippen LogP contribution in [0.4, 0.5) is 5.69 Å². The van der Waals surface area contributed by atoms with E-state index in [-0.39, 0.29) is 5.91 Å². The zero-order valence-electron chi connectivity index (χ0n) is 16.8. The normalized spacial score (nSPS) is 13.9. The molecular formula is C24H20N6O. The van der Waals surface area contributed by atoms with Crippen molar-refractivity contribution in [3.63, 3.8) is 0 Å². The third kappa shape index (κ3) is 3.71. The number of nitriles is 1. The number of anilines is 1. The number of fused-ring (bicyclic) bond motifs is 1. The molecule has 0 saturated carbocycles. The number of nitrogens with zero attached hydrogens (tertiary/aromatic N) is 5. The van der Waals surface area contributed by atoms with Crippen molar-refractivity contribution in [2.75, 3.05) is 31.1 Å². The van der Waals surface area contributed by atoms with Gasteiger partial charge in [0.25, 0.3) is 5.91 Å². The van der Waals surface area contributed by atoms with Gasteiger partial charge in [-0.1, -0.05) is 30.3 Å². The van der Waals surface area contributed by atoms with Gasteiger partial charge in [0.15, 0.2) is 5.82 Å². The van der Waals surface area contributed by atoms with E-state index in [2.05, 4.69) is 25.9 Å². The molecule has 1 fully saturated rings. The van der Waals surface area contributed by atoms with Gasteiger partial charge in [-0.3, -0.25) is 4.79 Å². The number of aromatic nitrogens is 3. The van der Waals surface area contributed by atoms with E-state index in [1.165, 1.54) is 0 Å². The Morgan fingerprint density at radius 3 is 2.45 bits per heavy atom. The highest BCUT2D eigenvalue weighted by Crippen LogP contribution is 2.21. The summed E-state index contributed by atoms with van der Waals surface area (Å²) in [5.41, 5.74) is 3.84. The zero-order chi connectivity index (χ0) is 21.2. The lowest BCUT2D eigenvalue weighted by molar-refractivity contribution is 0.0742. The van der Waals surface area contributed by atoms with Crippen LogP contribution < -0.4 is 4.90 Å². The van der Waals surface area contributed by atoms with E-state index in [1.807, 2.05) is 65.6 Å². The van der Waals surface area contributed by atoms with Crippen molar-refractivity contribution in [3.8, 4) is 17.5 Å². The molecule has 0 radical (unpaired) electrons. The van der Waals surface area contributed by atoms with E-state index < -0.39 is 0 Å². The van der Waals surface area contributed by atoms with Crippen LogP contribution in [0.15, 0.2) is 66.9 Å².